The Hall–Kier alpha value is -0.830. The van der Waals surface area contributed by atoms with Crippen LogP contribution in [0.25, 0.3) is 0 Å². The van der Waals surface area contributed by atoms with Crippen LogP contribution in [0.3, 0.4) is 0 Å². The highest BCUT2D eigenvalue weighted by Gasteiger charge is 2.37. The van der Waals surface area contributed by atoms with Gasteiger partial charge in [-0.1, -0.05) is 13.8 Å². The van der Waals surface area contributed by atoms with Gasteiger partial charge in [0.05, 0.1) is 5.54 Å². The summed E-state index contributed by atoms with van der Waals surface area (Å²) in [4.78, 5) is 7.45. The summed E-state index contributed by atoms with van der Waals surface area (Å²) in [5.74, 6) is 2.36. The second-order valence-electron chi connectivity index (χ2n) is 4.95. The average Bonchev–Trinajstić information content (AvgIpc) is 2.52. The maximum absolute atomic E-state index is 6.41. The predicted molar refractivity (Wildman–Crippen MR) is 56.6 cm³/mol. The molecular formula is C11H19N3. The van der Waals surface area contributed by atoms with Crippen LogP contribution >= 0.6 is 0 Å². The third-order valence-corrected chi connectivity index (χ3v) is 3.20. The van der Waals surface area contributed by atoms with Crippen molar-refractivity contribution in [2.75, 3.05) is 0 Å². The second kappa shape index (κ2) is 3.39. The summed E-state index contributed by atoms with van der Waals surface area (Å²) >= 11 is 0. The van der Waals surface area contributed by atoms with E-state index in [9.17, 15) is 0 Å². The summed E-state index contributed by atoms with van der Waals surface area (Å²) in [6.45, 7) is 4.56. The van der Waals surface area contributed by atoms with Crippen LogP contribution < -0.4 is 5.73 Å². The van der Waals surface area contributed by atoms with Crippen LogP contribution in [-0.2, 0) is 5.54 Å². The lowest BCUT2D eigenvalue weighted by molar-refractivity contribution is 0.176. The molecule has 1 aliphatic rings. The fourth-order valence-electron chi connectivity index (χ4n) is 2.91. The first kappa shape index (κ1) is 9.71. The van der Waals surface area contributed by atoms with E-state index in [1.165, 1.54) is 6.42 Å². The van der Waals surface area contributed by atoms with Crippen molar-refractivity contribution in [3.8, 4) is 0 Å². The predicted octanol–water partition coefficient (Wildman–Crippen LogP) is 2.02. The van der Waals surface area contributed by atoms with E-state index in [0.29, 0.717) is 11.8 Å². The van der Waals surface area contributed by atoms with Gasteiger partial charge in [0.25, 0.3) is 0 Å². The molecule has 0 bridgehead atoms. The number of nitrogens with zero attached hydrogens (tertiary/aromatic N) is 1. The molecule has 2 rings (SSSR count). The Labute approximate surface area is 85.1 Å². The normalized spacial score (nSPS) is 38.5. The molecule has 3 nitrogen and oxygen atoms in total. The molecule has 3 atom stereocenters. The minimum absolute atomic E-state index is 0.222. The van der Waals surface area contributed by atoms with Crippen molar-refractivity contribution in [3.63, 3.8) is 0 Å². The van der Waals surface area contributed by atoms with Crippen LogP contribution in [0.1, 0.15) is 38.9 Å². The van der Waals surface area contributed by atoms with Crippen LogP contribution in [0.2, 0.25) is 0 Å². The average molecular weight is 193 g/mol. The van der Waals surface area contributed by atoms with Gasteiger partial charge in [-0.2, -0.15) is 0 Å². The van der Waals surface area contributed by atoms with Crippen molar-refractivity contribution in [2.24, 2.45) is 17.6 Å². The van der Waals surface area contributed by atoms with Crippen LogP contribution in [0.15, 0.2) is 12.4 Å². The van der Waals surface area contributed by atoms with Crippen molar-refractivity contribution < 1.29 is 0 Å². The topological polar surface area (TPSA) is 54.7 Å². The van der Waals surface area contributed by atoms with Crippen LogP contribution in [-0.4, -0.2) is 9.97 Å². The van der Waals surface area contributed by atoms with E-state index in [4.69, 9.17) is 5.73 Å². The summed E-state index contributed by atoms with van der Waals surface area (Å²) in [6, 6.07) is 0. The Morgan fingerprint density at radius 2 is 2.07 bits per heavy atom. The third-order valence-electron chi connectivity index (χ3n) is 3.20. The smallest absolute Gasteiger partial charge is 0.126 e. The molecule has 3 heteroatoms. The first-order chi connectivity index (χ1) is 6.60. The molecule has 1 aromatic heterocycles. The van der Waals surface area contributed by atoms with Crippen molar-refractivity contribution >= 4 is 0 Å². The van der Waals surface area contributed by atoms with Crippen molar-refractivity contribution in [3.05, 3.63) is 18.2 Å². The Balaban J connectivity index is 2.22. The molecule has 1 unspecified atom stereocenters. The highest BCUT2D eigenvalue weighted by molar-refractivity contribution is 5.08. The van der Waals surface area contributed by atoms with Crippen molar-refractivity contribution in [2.45, 2.75) is 38.6 Å². The Morgan fingerprint density at radius 1 is 1.43 bits per heavy atom. The van der Waals surface area contributed by atoms with Gasteiger partial charge in [-0.3, -0.25) is 0 Å². The summed E-state index contributed by atoms with van der Waals surface area (Å²) in [6.07, 6.45) is 7.02. The molecule has 1 aromatic rings. The van der Waals surface area contributed by atoms with Gasteiger partial charge in [0.2, 0.25) is 0 Å². The van der Waals surface area contributed by atoms with Crippen molar-refractivity contribution in [1.82, 2.24) is 9.97 Å². The van der Waals surface area contributed by atoms with E-state index in [2.05, 4.69) is 23.8 Å². The molecular weight excluding hydrogens is 174 g/mol. The fraction of sp³-hybridized carbons (Fsp3) is 0.727. The van der Waals surface area contributed by atoms with E-state index in [1.54, 1.807) is 6.20 Å². The summed E-state index contributed by atoms with van der Waals surface area (Å²) < 4.78 is 0. The molecule has 3 N–H and O–H groups in total. The lowest BCUT2D eigenvalue weighted by atomic mass is 9.72. The highest BCUT2D eigenvalue weighted by Crippen LogP contribution is 2.39. The quantitative estimate of drug-likeness (QED) is 0.717. The van der Waals surface area contributed by atoms with Gasteiger partial charge in [-0.05, 0) is 31.1 Å². The number of nitrogens with two attached hydrogens (primary N) is 1. The minimum Gasteiger partial charge on any atom is -0.347 e. The molecule has 0 radical (unpaired) electrons. The van der Waals surface area contributed by atoms with Crippen molar-refractivity contribution in [1.29, 1.82) is 0 Å². The molecule has 1 aliphatic carbocycles. The number of rotatable bonds is 1. The standard InChI is InChI=1S/C11H19N3/c1-8-5-9(2)7-11(12,6-8)10-13-3-4-14-10/h3-4,8-9H,5-7,12H2,1-2H3,(H,13,14)/t8-,9+,11?. The molecule has 78 valence electrons. The molecule has 0 amide bonds. The number of hydrogen-bond acceptors (Lipinski definition) is 2. The first-order valence-corrected chi connectivity index (χ1v) is 5.39. The zero-order valence-electron chi connectivity index (χ0n) is 8.96. The molecule has 1 fully saturated rings. The lowest BCUT2D eigenvalue weighted by Crippen LogP contribution is -2.44. The number of aromatic amines is 1. The van der Waals surface area contributed by atoms with Gasteiger partial charge in [0, 0.05) is 12.4 Å². The van der Waals surface area contributed by atoms with E-state index >= 15 is 0 Å². The Kier molecular flexibility index (Phi) is 2.35. The lowest BCUT2D eigenvalue weighted by Gasteiger charge is -2.38. The number of H-pyrrole nitrogens is 1. The zero-order chi connectivity index (χ0) is 10.2. The molecule has 0 aromatic carbocycles. The van der Waals surface area contributed by atoms with E-state index in [1.807, 2.05) is 6.20 Å². The fourth-order valence-corrected chi connectivity index (χ4v) is 2.91. The number of aromatic nitrogens is 2. The minimum atomic E-state index is -0.222. The zero-order valence-corrected chi connectivity index (χ0v) is 8.96. The Morgan fingerprint density at radius 3 is 2.57 bits per heavy atom. The summed E-state index contributed by atoms with van der Waals surface area (Å²) in [5.41, 5.74) is 6.19. The van der Waals surface area contributed by atoms with Gasteiger partial charge in [0.15, 0.2) is 0 Å². The maximum Gasteiger partial charge on any atom is 0.126 e. The third kappa shape index (κ3) is 1.69. The van der Waals surface area contributed by atoms with E-state index in [0.717, 1.165) is 18.7 Å². The number of hydrogen-bond donors (Lipinski definition) is 2. The van der Waals surface area contributed by atoms with E-state index < -0.39 is 0 Å². The van der Waals surface area contributed by atoms with Crippen LogP contribution in [0.5, 0.6) is 0 Å². The van der Waals surface area contributed by atoms with Crippen LogP contribution in [0.4, 0.5) is 0 Å². The van der Waals surface area contributed by atoms with Gasteiger partial charge in [-0.15, -0.1) is 0 Å². The van der Waals surface area contributed by atoms with Gasteiger partial charge in [0.1, 0.15) is 5.82 Å². The molecule has 0 saturated heterocycles. The molecule has 0 spiro atoms. The summed E-state index contributed by atoms with van der Waals surface area (Å²) in [7, 11) is 0. The second-order valence-corrected chi connectivity index (χ2v) is 4.95. The summed E-state index contributed by atoms with van der Waals surface area (Å²) in [5, 5.41) is 0. The Bertz CT molecular complexity index is 281. The SMILES string of the molecule is C[C@@H]1C[C@H](C)CC(N)(c2ncc[nH]2)C1. The monoisotopic (exact) mass is 193 g/mol. The largest absolute Gasteiger partial charge is 0.347 e. The molecule has 0 aliphatic heterocycles. The molecule has 14 heavy (non-hydrogen) atoms. The maximum atomic E-state index is 6.41. The number of nitrogens with one attached hydrogen (secondary N) is 1. The molecule has 1 heterocycles. The van der Waals surface area contributed by atoms with Crippen LogP contribution in [0, 0.1) is 11.8 Å². The van der Waals surface area contributed by atoms with Gasteiger partial charge in [-0.25, -0.2) is 4.98 Å². The van der Waals surface area contributed by atoms with Gasteiger partial charge >= 0.3 is 0 Å². The highest BCUT2D eigenvalue weighted by atomic mass is 15.0. The first-order valence-electron chi connectivity index (χ1n) is 5.39. The number of imidazole rings is 1. The molecule has 1 saturated carbocycles. The van der Waals surface area contributed by atoms with E-state index in [-0.39, 0.29) is 5.54 Å². The van der Waals surface area contributed by atoms with Gasteiger partial charge < -0.3 is 10.7 Å².